The summed E-state index contributed by atoms with van der Waals surface area (Å²) in [7, 11) is 0. The van der Waals surface area contributed by atoms with Gasteiger partial charge in [-0.15, -0.1) is 0 Å². The summed E-state index contributed by atoms with van der Waals surface area (Å²) in [5.74, 6) is 0. The Morgan fingerprint density at radius 1 is 2.00 bits per heavy atom. The Hall–Kier alpha value is -0.170. The number of rotatable bonds is 1. The van der Waals surface area contributed by atoms with Gasteiger partial charge >= 0.3 is 0 Å². The minimum Gasteiger partial charge on any atom is -0.0953 e. The Morgan fingerprint density at radius 3 is 2.20 bits per heavy atom. The van der Waals surface area contributed by atoms with Crippen molar-refractivity contribution in [3.8, 4) is 0 Å². The summed E-state index contributed by atoms with van der Waals surface area (Å²) in [5, 5.41) is 1.56. The normalized spacial score (nSPS) is 6.60. The average Bonchev–Trinajstić information content (AvgIpc) is 1.38. The standard InChI is InChI=1S/C4H6S/c1-4(2)3-5/h3H,1H2,2H3. The zero-order chi connectivity index (χ0) is 4.28. The van der Waals surface area contributed by atoms with Crippen molar-refractivity contribution in [3.05, 3.63) is 12.2 Å². The minimum atomic E-state index is 0.944. The molecule has 0 aromatic heterocycles. The number of thiocarbonyl (C=S) groups is 1. The van der Waals surface area contributed by atoms with E-state index >= 15 is 0 Å². The highest BCUT2D eigenvalue weighted by atomic mass is 32.1. The summed E-state index contributed by atoms with van der Waals surface area (Å²) in [5.41, 5.74) is 0.944. The van der Waals surface area contributed by atoms with E-state index in [9.17, 15) is 0 Å². The van der Waals surface area contributed by atoms with Crippen molar-refractivity contribution < 1.29 is 0 Å². The summed E-state index contributed by atoms with van der Waals surface area (Å²) < 4.78 is 0. The smallest absolute Gasteiger partial charge is 0.00369 e. The van der Waals surface area contributed by atoms with E-state index in [0.717, 1.165) is 5.57 Å². The number of allylic oxidation sites excluding steroid dienone is 1. The molecule has 0 N–H and O–H groups in total. The largest absolute Gasteiger partial charge is 0.0953 e. The molecule has 1 heteroatoms. The predicted molar refractivity (Wildman–Crippen MR) is 28.5 cm³/mol. The van der Waals surface area contributed by atoms with Crippen molar-refractivity contribution in [2.75, 3.05) is 0 Å². The van der Waals surface area contributed by atoms with Crippen LogP contribution in [0.1, 0.15) is 6.92 Å². The van der Waals surface area contributed by atoms with Crippen LogP contribution in [-0.2, 0) is 0 Å². The molecular formula is C4H6S. The highest BCUT2D eigenvalue weighted by Gasteiger charge is 1.61. The molecule has 0 atom stereocenters. The molecule has 0 nitrogen and oxygen atoms in total. The maximum absolute atomic E-state index is 4.45. The van der Waals surface area contributed by atoms with Gasteiger partial charge in [0.2, 0.25) is 0 Å². The topological polar surface area (TPSA) is 0 Å². The van der Waals surface area contributed by atoms with Crippen molar-refractivity contribution in [1.29, 1.82) is 0 Å². The molecule has 0 aliphatic rings. The summed E-state index contributed by atoms with van der Waals surface area (Å²) >= 11 is 4.45. The predicted octanol–water partition coefficient (Wildman–Crippen LogP) is 1.56. The van der Waals surface area contributed by atoms with Crippen LogP contribution in [0.4, 0.5) is 0 Å². The van der Waals surface area contributed by atoms with Gasteiger partial charge in [-0.05, 0) is 12.5 Å². The Kier molecular flexibility index (Phi) is 2.02. The molecule has 0 fully saturated rings. The zero-order valence-corrected chi connectivity index (χ0v) is 4.01. The van der Waals surface area contributed by atoms with E-state index in [-0.39, 0.29) is 0 Å². The molecule has 0 unspecified atom stereocenters. The van der Waals surface area contributed by atoms with Gasteiger partial charge in [-0.3, -0.25) is 0 Å². The van der Waals surface area contributed by atoms with E-state index in [4.69, 9.17) is 0 Å². The number of hydrogen-bond donors (Lipinski definition) is 0. The van der Waals surface area contributed by atoms with Crippen LogP contribution in [-0.4, -0.2) is 5.37 Å². The maximum Gasteiger partial charge on any atom is 0.00369 e. The van der Waals surface area contributed by atoms with Crippen molar-refractivity contribution in [1.82, 2.24) is 0 Å². The maximum atomic E-state index is 4.45. The Bertz CT molecular complexity index is 54.7. The van der Waals surface area contributed by atoms with Crippen molar-refractivity contribution >= 4 is 17.6 Å². The summed E-state index contributed by atoms with van der Waals surface area (Å²) in [6.07, 6.45) is 0. The Morgan fingerprint density at radius 2 is 2.20 bits per heavy atom. The van der Waals surface area contributed by atoms with Crippen LogP contribution in [0.3, 0.4) is 0 Å². The van der Waals surface area contributed by atoms with Crippen molar-refractivity contribution in [3.63, 3.8) is 0 Å². The van der Waals surface area contributed by atoms with Gasteiger partial charge in [0.05, 0.1) is 0 Å². The van der Waals surface area contributed by atoms with Crippen molar-refractivity contribution in [2.24, 2.45) is 0 Å². The molecule has 0 saturated heterocycles. The molecule has 0 aliphatic carbocycles. The lowest BCUT2D eigenvalue weighted by molar-refractivity contribution is 1.69. The van der Waals surface area contributed by atoms with E-state index in [1.165, 1.54) is 0 Å². The SMILES string of the molecule is C=C(C)C=S. The highest BCUT2D eigenvalue weighted by Crippen LogP contribution is 1.74. The second-order valence-electron chi connectivity index (χ2n) is 0.964. The molecule has 0 spiro atoms. The second-order valence-corrected chi connectivity index (χ2v) is 1.20. The fourth-order valence-electron chi connectivity index (χ4n) is 0. The fourth-order valence-corrected chi connectivity index (χ4v) is 0. The molecular weight excluding hydrogens is 80.1 g/mol. The van der Waals surface area contributed by atoms with Crippen LogP contribution in [0, 0.1) is 0 Å². The van der Waals surface area contributed by atoms with Crippen LogP contribution in [0.15, 0.2) is 12.2 Å². The molecule has 28 valence electrons. The van der Waals surface area contributed by atoms with Gasteiger partial charge in [-0.25, -0.2) is 0 Å². The third-order valence-corrected chi connectivity index (χ3v) is 0.604. The van der Waals surface area contributed by atoms with Gasteiger partial charge in [0, 0.05) is 5.37 Å². The third-order valence-electron chi connectivity index (χ3n) is 0.201. The average molecular weight is 86.2 g/mol. The summed E-state index contributed by atoms with van der Waals surface area (Å²) in [4.78, 5) is 0. The number of hydrogen-bond acceptors (Lipinski definition) is 1. The minimum absolute atomic E-state index is 0.944. The van der Waals surface area contributed by atoms with E-state index in [1.54, 1.807) is 5.37 Å². The Balaban J connectivity index is 3.20. The molecule has 0 amide bonds. The molecule has 0 saturated carbocycles. The third kappa shape index (κ3) is 3.83. The van der Waals surface area contributed by atoms with Gasteiger partial charge in [-0.1, -0.05) is 18.8 Å². The second kappa shape index (κ2) is 2.09. The quantitative estimate of drug-likeness (QED) is 0.345. The molecule has 0 aromatic carbocycles. The molecule has 0 aliphatic heterocycles. The van der Waals surface area contributed by atoms with Crippen LogP contribution in [0.5, 0.6) is 0 Å². The highest BCUT2D eigenvalue weighted by molar-refractivity contribution is 7.79. The van der Waals surface area contributed by atoms with Gasteiger partial charge in [-0.2, -0.15) is 0 Å². The zero-order valence-electron chi connectivity index (χ0n) is 3.19. The first-order chi connectivity index (χ1) is 2.27. The van der Waals surface area contributed by atoms with Crippen LogP contribution < -0.4 is 0 Å². The van der Waals surface area contributed by atoms with E-state index < -0.39 is 0 Å². The molecule has 0 rings (SSSR count). The van der Waals surface area contributed by atoms with Crippen LogP contribution >= 0.6 is 12.2 Å². The lowest BCUT2D eigenvalue weighted by atomic mass is 10.4. The first kappa shape index (κ1) is 4.83. The van der Waals surface area contributed by atoms with Gasteiger partial charge < -0.3 is 0 Å². The monoisotopic (exact) mass is 86.0 g/mol. The van der Waals surface area contributed by atoms with E-state index in [2.05, 4.69) is 18.8 Å². The van der Waals surface area contributed by atoms with Gasteiger partial charge in [0.15, 0.2) is 0 Å². The van der Waals surface area contributed by atoms with E-state index in [1.807, 2.05) is 6.92 Å². The lowest BCUT2D eigenvalue weighted by Crippen LogP contribution is -1.60. The molecule has 5 heavy (non-hydrogen) atoms. The summed E-state index contributed by atoms with van der Waals surface area (Å²) in [6.45, 7) is 5.38. The van der Waals surface area contributed by atoms with Crippen molar-refractivity contribution in [2.45, 2.75) is 6.92 Å². The first-order valence-electron chi connectivity index (χ1n) is 1.38. The molecule has 0 bridgehead atoms. The van der Waals surface area contributed by atoms with Gasteiger partial charge in [0.25, 0.3) is 0 Å². The lowest BCUT2D eigenvalue weighted by Gasteiger charge is -1.69. The molecule has 0 radical (unpaired) electrons. The van der Waals surface area contributed by atoms with Gasteiger partial charge in [0.1, 0.15) is 0 Å². The van der Waals surface area contributed by atoms with E-state index in [0.29, 0.717) is 0 Å². The van der Waals surface area contributed by atoms with Crippen LogP contribution in [0.2, 0.25) is 0 Å². The fraction of sp³-hybridized carbons (Fsp3) is 0.250. The Labute approximate surface area is 37.5 Å². The molecule has 0 aromatic rings. The summed E-state index contributed by atoms with van der Waals surface area (Å²) in [6, 6.07) is 0. The first-order valence-corrected chi connectivity index (χ1v) is 1.85. The van der Waals surface area contributed by atoms with Crippen LogP contribution in [0.25, 0.3) is 0 Å². The molecule has 0 heterocycles.